The van der Waals surface area contributed by atoms with Crippen molar-refractivity contribution in [3.8, 4) is 11.5 Å². The average Bonchev–Trinajstić information content (AvgIpc) is 3.44. The lowest BCUT2D eigenvalue weighted by Crippen LogP contribution is -2.19. The smallest absolute Gasteiger partial charge is 0.332 e. The molecule has 182 valence electrons. The maximum Gasteiger partial charge on any atom is 0.432 e. The summed E-state index contributed by atoms with van der Waals surface area (Å²) < 4.78 is 49.5. The van der Waals surface area contributed by atoms with E-state index in [1.54, 1.807) is 0 Å². The predicted molar refractivity (Wildman–Crippen MR) is 126 cm³/mol. The molecule has 2 aromatic carbocycles. The van der Waals surface area contributed by atoms with Crippen molar-refractivity contribution in [2.75, 3.05) is 0 Å². The summed E-state index contributed by atoms with van der Waals surface area (Å²) in [6.07, 6.45) is -2.29. The van der Waals surface area contributed by atoms with E-state index < -0.39 is 29.1 Å². The second kappa shape index (κ2) is 9.20. The molecule has 0 aliphatic carbocycles. The van der Waals surface area contributed by atoms with Gasteiger partial charge in [0.25, 0.3) is 11.7 Å². The Morgan fingerprint density at radius 3 is 2.47 bits per heavy atom. The van der Waals surface area contributed by atoms with Crippen molar-refractivity contribution in [3.63, 3.8) is 0 Å². The molecule has 0 amide bonds. The van der Waals surface area contributed by atoms with E-state index >= 15 is 0 Å². The summed E-state index contributed by atoms with van der Waals surface area (Å²) >= 11 is 18.3. The number of halogens is 6. The third-order valence-corrected chi connectivity index (χ3v) is 6.12. The number of hydrogen-bond acceptors (Lipinski definition) is 6. The van der Waals surface area contributed by atoms with Crippen LogP contribution in [-0.2, 0) is 12.7 Å². The van der Waals surface area contributed by atoms with Gasteiger partial charge in [-0.2, -0.15) is 18.2 Å². The first-order chi connectivity index (χ1) is 17.1. The fourth-order valence-corrected chi connectivity index (χ4v) is 4.43. The normalized spacial score (nSPS) is 11.8. The zero-order valence-electron chi connectivity index (χ0n) is 17.7. The maximum atomic E-state index is 14.5. The van der Waals surface area contributed by atoms with E-state index in [-0.39, 0.29) is 39.0 Å². The number of rotatable bonds is 5. The fraction of sp³-hybridized carbons (Fsp3) is 0.0870. The minimum Gasteiger partial charge on any atom is -0.332 e. The standard InChI is InChI=1S/C23H11Cl3F3N5O2/c24-12-3-4-17-14(7-12)18(19(35)22-32-21(33-36-22)16-5-6-30-10-31-16)20(23(27,28)29)34(17)9-11-1-2-13(25)8-15(11)26/h1-8,10H,9H2. The molecule has 5 rings (SSSR count). The Labute approximate surface area is 215 Å². The number of ketones is 1. The van der Waals surface area contributed by atoms with E-state index in [9.17, 15) is 18.0 Å². The van der Waals surface area contributed by atoms with Crippen molar-refractivity contribution in [3.05, 3.63) is 92.8 Å². The zero-order valence-corrected chi connectivity index (χ0v) is 20.0. The van der Waals surface area contributed by atoms with Crippen LogP contribution in [0.5, 0.6) is 0 Å². The van der Waals surface area contributed by atoms with Crippen molar-refractivity contribution in [1.29, 1.82) is 0 Å². The van der Waals surface area contributed by atoms with Gasteiger partial charge in [0.15, 0.2) is 0 Å². The molecule has 3 aromatic heterocycles. The van der Waals surface area contributed by atoms with Crippen molar-refractivity contribution in [2.45, 2.75) is 12.7 Å². The lowest BCUT2D eigenvalue weighted by Gasteiger charge is -2.15. The third-order valence-electron chi connectivity index (χ3n) is 5.30. The van der Waals surface area contributed by atoms with Crippen LogP contribution in [0, 0.1) is 0 Å². The van der Waals surface area contributed by atoms with E-state index in [2.05, 4.69) is 20.1 Å². The highest BCUT2D eigenvalue weighted by Crippen LogP contribution is 2.41. The van der Waals surface area contributed by atoms with Crippen LogP contribution in [0.4, 0.5) is 13.2 Å². The van der Waals surface area contributed by atoms with Crippen molar-refractivity contribution >= 4 is 51.5 Å². The zero-order chi connectivity index (χ0) is 25.6. The van der Waals surface area contributed by atoms with Gasteiger partial charge in [-0.25, -0.2) is 9.97 Å². The van der Waals surface area contributed by atoms with Crippen LogP contribution in [0.15, 0.2) is 59.5 Å². The first-order valence-corrected chi connectivity index (χ1v) is 11.2. The first kappa shape index (κ1) is 24.2. The molecule has 3 heterocycles. The second-order valence-electron chi connectivity index (χ2n) is 7.55. The lowest BCUT2D eigenvalue weighted by atomic mass is 10.1. The number of carbonyl (C=O) groups is 1. The van der Waals surface area contributed by atoms with Crippen LogP contribution in [0.2, 0.25) is 15.1 Å². The maximum absolute atomic E-state index is 14.5. The molecule has 0 bridgehead atoms. The molecule has 0 spiro atoms. The highest BCUT2D eigenvalue weighted by atomic mass is 35.5. The topological polar surface area (TPSA) is 86.7 Å². The number of fused-ring (bicyclic) bond motifs is 1. The van der Waals surface area contributed by atoms with E-state index in [4.69, 9.17) is 39.3 Å². The molecule has 0 saturated carbocycles. The van der Waals surface area contributed by atoms with Gasteiger partial charge in [-0.05, 0) is 42.0 Å². The molecule has 7 nitrogen and oxygen atoms in total. The largest absolute Gasteiger partial charge is 0.432 e. The quantitative estimate of drug-likeness (QED) is 0.225. The van der Waals surface area contributed by atoms with Crippen molar-refractivity contribution in [2.24, 2.45) is 0 Å². The number of carbonyl (C=O) groups excluding carboxylic acids is 1. The summed E-state index contributed by atoms with van der Waals surface area (Å²) in [4.78, 5) is 25.1. The average molecular weight is 553 g/mol. The molecule has 0 fully saturated rings. The Morgan fingerprint density at radius 2 is 1.78 bits per heavy atom. The molecular formula is C23H11Cl3F3N5O2. The van der Waals surface area contributed by atoms with Gasteiger partial charge in [-0.3, -0.25) is 4.79 Å². The molecule has 36 heavy (non-hydrogen) atoms. The van der Waals surface area contributed by atoms with E-state index in [1.165, 1.54) is 55.0 Å². The minimum atomic E-state index is -4.94. The molecule has 5 aromatic rings. The highest BCUT2D eigenvalue weighted by molar-refractivity contribution is 6.35. The molecule has 0 atom stereocenters. The fourth-order valence-electron chi connectivity index (χ4n) is 3.79. The minimum absolute atomic E-state index is 0.0355. The summed E-state index contributed by atoms with van der Waals surface area (Å²) in [6, 6.07) is 10.0. The molecule has 0 aliphatic rings. The van der Waals surface area contributed by atoms with Gasteiger partial charge in [-0.15, -0.1) is 0 Å². The third kappa shape index (κ3) is 4.43. The van der Waals surface area contributed by atoms with Gasteiger partial charge in [-0.1, -0.05) is 46.0 Å². The monoisotopic (exact) mass is 551 g/mol. The van der Waals surface area contributed by atoms with Crippen molar-refractivity contribution < 1.29 is 22.5 Å². The van der Waals surface area contributed by atoms with Crippen molar-refractivity contribution in [1.82, 2.24) is 24.7 Å². The summed E-state index contributed by atoms with van der Waals surface area (Å²) in [5.74, 6) is -1.84. The van der Waals surface area contributed by atoms with E-state index in [1.807, 2.05) is 0 Å². The molecular weight excluding hydrogens is 542 g/mol. The number of nitrogens with zero attached hydrogens (tertiary/aromatic N) is 5. The van der Waals surface area contributed by atoms with Gasteiger partial charge in [0.05, 0.1) is 5.56 Å². The number of alkyl halides is 3. The van der Waals surface area contributed by atoms with E-state index in [0.717, 1.165) is 4.57 Å². The van der Waals surface area contributed by atoms with E-state index in [0.29, 0.717) is 10.6 Å². The Morgan fingerprint density at radius 1 is 1.03 bits per heavy atom. The summed E-state index contributed by atoms with van der Waals surface area (Å²) in [7, 11) is 0. The number of benzene rings is 2. The molecule has 0 saturated heterocycles. The Bertz CT molecular complexity index is 1620. The van der Waals surface area contributed by atoms with Gasteiger partial charge >= 0.3 is 6.18 Å². The van der Waals surface area contributed by atoms with Gasteiger partial charge in [0.1, 0.15) is 17.7 Å². The predicted octanol–water partition coefficient (Wildman–Crippen LogP) is 6.74. The Balaban J connectivity index is 1.71. The molecule has 0 N–H and O–H groups in total. The summed E-state index contributed by atoms with van der Waals surface area (Å²) in [5.41, 5.74) is -1.19. The molecule has 0 aliphatic heterocycles. The van der Waals surface area contributed by atoms with Gasteiger partial charge in [0.2, 0.25) is 5.82 Å². The number of aromatic nitrogens is 5. The SMILES string of the molecule is O=C(c1nc(-c2ccncn2)no1)c1c(C(F)(F)F)n(Cc2ccc(Cl)cc2Cl)c2ccc(Cl)cc12. The van der Waals surface area contributed by atoms with Crippen LogP contribution >= 0.6 is 34.8 Å². The second-order valence-corrected chi connectivity index (χ2v) is 8.83. The summed E-state index contributed by atoms with van der Waals surface area (Å²) in [6.45, 7) is -0.299. The highest BCUT2D eigenvalue weighted by Gasteiger charge is 2.42. The van der Waals surface area contributed by atoms with Crippen LogP contribution in [0.25, 0.3) is 22.4 Å². The Hall–Kier alpha value is -3.47. The lowest BCUT2D eigenvalue weighted by molar-refractivity contribution is -0.143. The van der Waals surface area contributed by atoms with Crippen LogP contribution in [-0.4, -0.2) is 30.5 Å². The van der Waals surface area contributed by atoms with Crippen LogP contribution < -0.4 is 0 Å². The number of hydrogen-bond donors (Lipinski definition) is 0. The first-order valence-electron chi connectivity index (χ1n) is 10.1. The molecule has 0 unspecified atom stereocenters. The Kier molecular flexibility index (Phi) is 6.19. The van der Waals surface area contributed by atoms with Crippen LogP contribution in [0.3, 0.4) is 0 Å². The molecule has 13 heteroatoms. The van der Waals surface area contributed by atoms with Gasteiger partial charge < -0.3 is 9.09 Å². The van der Waals surface area contributed by atoms with Gasteiger partial charge in [0, 0.05) is 38.7 Å². The summed E-state index contributed by atoms with van der Waals surface area (Å²) in [5, 5.41) is 4.28. The van der Waals surface area contributed by atoms with Crippen LogP contribution in [0.1, 0.15) is 27.5 Å². The molecule has 0 radical (unpaired) electrons.